The van der Waals surface area contributed by atoms with Crippen molar-refractivity contribution in [3.8, 4) is 0 Å². The smallest absolute Gasteiger partial charge is 0.311 e. The number of benzene rings is 1. The van der Waals surface area contributed by atoms with Crippen molar-refractivity contribution in [3.05, 3.63) is 53.4 Å². The normalized spacial score (nSPS) is 15.9. The number of sulfone groups is 1. The lowest BCUT2D eigenvalue weighted by molar-refractivity contribution is -0.146. The molecular formula is C19H22N2O4S2. The van der Waals surface area contributed by atoms with Crippen LogP contribution in [0.2, 0.25) is 0 Å². The van der Waals surface area contributed by atoms with Gasteiger partial charge in [0.25, 0.3) is 0 Å². The first-order valence-corrected chi connectivity index (χ1v) is 11.3. The maximum atomic E-state index is 13.0. The van der Waals surface area contributed by atoms with Crippen LogP contribution in [-0.2, 0) is 19.4 Å². The van der Waals surface area contributed by atoms with Crippen LogP contribution >= 0.6 is 11.3 Å². The van der Waals surface area contributed by atoms with E-state index in [1.165, 1.54) is 4.90 Å². The van der Waals surface area contributed by atoms with E-state index in [2.05, 4.69) is 5.32 Å². The maximum absolute atomic E-state index is 13.0. The lowest BCUT2D eigenvalue weighted by atomic mass is 10.1. The summed E-state index contributed by atoms with van der Waals surface area (Å²) >= 11 is 1.14. The molecule has 1 aliphatic heterocycles. The number of nitrogens with one attached hydrogen (secondary N) is 1. The van der Waals surface area contributed by atoms with E-state index in [-0.39, 0.29) is 10.8 Å². The van der Waals surface area contributed by atoms with E-state index in [0.29, 0.717) is 18.7 Å². The van der Waals surface area contributed by atoms with Crippen LogP contribution in [0.15, 0.2) is 52.1 Å². The second-order valence-electron chi connectivity index (χ2n) is 6.44. The predicted molar refractivity (Wildman–Crippen MR) is 104 cm³/mol. The number of nitrogens with zero attached hydrogens (tertiary/aromatic N) is 1. The van der Waals surface area contributed by atoms with Gasteiger partial charge in [-0.1, -0.05) is 36.4 Å². The summed E-state index contributed by atoms with van der Waals surface area (Å²) in [6.45, 7) is 0.992. The van der Waals surface area contributed by atoms with E-state index in [4.69, 9.17) is 0 Å². The Morgan fingerprint density at radius 1 is 1.04 bits per heavy atom. The number of hydrogen-bond donors (Lipinski definition) is 1. The Morgan fingerprint density at radius 3 is 2.37 bits per heavy atom. The van der Waals surface area contributed by atoms with Crippen molar-refractivity contribution in [3.63, 3.8) is 0 Å². The molecule has 1 fully saturated rings. The number of hydrogen-bond acceptors (Lipinski definition) is 5. The molecule has 0 aliphatic carbocycles. The standard InChI is InChI=1S/C19H22N2O4S2/c22-18(19(23)21-11-5-2-6-12-21)20-14-16(15-8-3-1-4-9-15)27(24,25)17-10-7-13-26-17/h1,3-4,7-10,13,16H,2,5-6,11-12,14H2,(H,20,22)/t16-/m1/s1. The molecule has 3 rings (SSSR count). The van der Waals surface area contributed by atoms with E-state index in [0.717, 1.165) is 30.6 Å². The molecule has 0 unspecified atom stereocenters. The fourth-order valence-electron chi connectivity index (χ4n) is 3.14. The zero-order valence-electron chi connectivity index (χ0n) is 14.8. The van der Waals surface area contributed by atoms with Gasteiger partial charge in [0, 0.05) is 19.6 Å². The molecule has 1 aromatic carbocycles. The highest BCUT2D eigenvalue weighted by atomic mass is 32.2. The Kier molecular flexibility index (Phi) is 6.28. The first-order chi connectivity index (χ1) is 13.0. The van der Waals surface area contributed by atoms with Crippen molar-refractivity contribution in [2.75, 3.05) is 19.6 Å². The van der Waals surface area contributed by atoms with Gasteiger partial charge < -0.3 is 10.2 Å². The molecule has 1 atom stereocenters. The van der Waals surface area contributed by atoms with Crippen molar-refractivity contribution in [1.29, 1.82) is 0 Å². The van der Waals surface area contributed by atoms with Gasteiger partial charge >= 0.3 is 11.8 Å². The SMILES string of the molecule is O=C(NC[C@H](c1ccccc1)S(=O)(=O)c1cccs1)C(=O)N1CCCCC1. The van der Waals surface area contributed by atoms with Crippen LogP contribution < -0.4 is 5.32 Å². The number of amides is 2. The van der Waals surface area contributed by atoms with Gasteiger partial charge in [0.1, 0.15) is 9.46 Å². The third-order valence-electron chi connectivity index (χ3n) is 4.61. The average molecular weight is 407 g/mol. The van der Waals surface area contributed by atoms with E-state index in [1.807, 2.05) is 0 Å². The van der Waals surface area contributed by atoms with Crippen LogP contribution in [0, 0.1) is 0 Å². The zero-order chi connectivity index (χ0) is 19.3. The quantitative estimate of drug-likeness (QED) is 0.773. The van der Waals surface area contributed by atoms with Gasteiger partial charge in [-0.3, -0.25) is 9.59 Å². The van der Waals surface area contributed by atoms with Crippen molar-refractivity contribution < 1.29 is 18.0 Å². The summed E-state index contributed by atoms with van der Waals surface area (Å²) in [6.07, 6.45) is 2.83. The fourth-order valence-corrected chi connectivity index (χ4v) is 6.01. The van der Waals surface area contributed by atoms with Crippen LogP contribution in [0.5, 0.6) is 0 Å². The first kappa shape index (κ1) is 19.6. The minimum atomic E-state index is -3.68. The fraction of sp³-hybridized carbons (Fsp3) is 0.368. The molecule has 0 bridgehead atoms. The van der Waals surface area contributed by atoms with Crippen LogP contribution in [0.25, 0.3) is 0 Å². The maximum Gasteiger partial charge on any atom is 0.311 e. The van der Waals surface area contributed by atoms with Gasteiger partial charge in [0.05, 0.1) is 0 Å². The monoisotopic (exact) mass is 406 g/mol. The average Bonchev–Trinajstić information content (AvgIpc) is 3.24. The molecule has 0 spiro atoms. The van der Waals surface area contributed by atoms with Gasteiger partial charge in [0.2, 0.25) is 0 Å². The van der Waals surface area contributed by atoms with Crippen molar-refractivity contribution in [1.82, 2.24) is 10.2 Å². The molecule has 2 aromatic rings. The number of piperidine rings is 1. The van der Waals surface area contributed by atoms with Crippen molar-refractivity contribution >= 4 is 33.0 Å². The van der Waals surface area contributed by atoms with E-state index in [1.54, 1.807) is 47.8 Å². The summed E-state index contributed by atoms with van der Waals surface area (Å²) in [7, 11) is -3.68. The van der Waals surface area contributed by atoms with Gasteiger partial charge in [-0.05, 0) is 36.3 Å². The van der Waals surface area contributed by atoms with E-state index in [9.17, 15) is 18.0 Å². The van der Waals surface area contributed by atoms with E-state index >= 15 is 0 Å². The lowest BCUT2D eigenvalue weighted by Gasteiger charge is -2.26. The molecule has 144 valence electrons. The highest BCUT2D eigenvalue weighted by Gasteiger charge is 2.32. The topological polar surface area (TPSA) is 83.5 Å². The third kappa shape index (κ3) is 4.56. The summed E-state index contributed by atoms with van der Waals surface area (Å²) < 4.78 is 26.3. The van der Waals surface area contributed by atoms with Gasteiger partial charge in [-0.2, -0.15) is 0 Å². The predicted octanol–water partition coefficient (Wildman–Crippen LogP) is 2.39. The Balaban J connectivity index is 1.76. The molecule has 0 radical (unpaired) electrons. The number of thiophene rings is 1. The van der Waals surface area contributed by atoms with Crippen molar-refractivity contribution in [2.45, 2.75) is 28.7 Å². The molecule has 27 heavy (non-hydrogen) atoms. The summed E-state index contributed by atoms with van der Waals surface area (Å²) in [6, 6.07) is 12.0. The molecule has 2 heterocycles. The number of likely N-dealkylation sites (tertiary alicyclic amines) is 1. The highest BCUT2D eigenvalue weighted by Crippen LogP contribution is 2.31. The zero-order valence-corrected chi connectivity index (χ0v) is 16.5. The summed E-state index contributed by atoms with van der Waals surface area (Å²) in [5.74, 6) is -1.34. The van der Waals surface area contributed by atoms with Crippen molar-refractivity contribution in [2.24, 2.45) is 0 Å². The van der Waals surface area contributed by atoms with Crippen LogP contribution in [0.1, 0.15) is 30.1 Å². The minimum absolute atomic E-state index is 0.150. The first-order valence-electron chi connectivity index (χ1n) is 8.89. The third-order valence-corrected chi connectivity index (χ3v) is 8.14. The molecular weight excluding hydrogens is 384 g/mol. The number of carbonyl (C=O) groups is 2. The Hall–Kier alpha value is -2.19. The summed E-state index contributed by atoms with van der Waals surface area (Å²) in [4.78, 5) is 26.1. The number of rotatable bonds is 5. The highest BCUT2D eigenvalue weighted by molar-refractivity contribution is 7.93. The Morgan fingerprint density at radius 2 is 1.74 bits per heavy atom. The van der Waals surface area contributed by atoms with Gasteiger partial charge in [0.15, 0.2) is 9.84 Å². The van der Waals surface area contributed by atoms with Crippen LogP contribution in [0.4, 0.5) is 0 Å². The largest absolute Gasteiger partial charge is 0.346 e. The lowest BCUT2D eigenvalue weighted by Crippen LogP contribution is -2.46. The second-order valence-corrected chi connectivity index (χ2v) is 9.74. The Bertz CT molecular complexity index is 874. The molecule has 6 nitrogen and oxygen atoms in total. The summed E-state index contributed by atoms with van der Waals surface area (Å²) in [5, 5.41) is 3.29. The Labute approximate surface area is 163 Å². The molecule has 0 saturated carbocycles. The molecule has 1 saturated heterocycles. The van der Waals surface area contributed by atoms with Gasteiger partial charge in [-0.25, -0.2) is 8.42 Å². The molecule has 1 aromatic heterocycles. The summed E-state index contributed by atoms with van der Waals surface area (Å²) in [5.41, 5.74) is 0.580. The molecule has 8 heteroatoms. The second kappa shape index (κ2) is 8.67. The minimum Gasteiger partial charge on any atom is -0.346 e. The van der Waals surface area contributed by atoms with Crippen LogP contribution in [0.3, 0.4) is 0 Å². The molecule has 2 amide bonds. The van der Waals surface area contributed by atoms with Crippen LogP contribution in [-0.4, -0.2) is 44.8 Å². The molecule has 1 N–H and O–H groups in total. The van der Waals surface area contributed by atoms with Gasteiger partial charge in [-0.15, -0.1) is 11.3 Å². The van der Waals surface area contributed by atoms with E-state index < -0.39 is 26.9 Å². The molecule has 1 aliphatic rings. The number of carbonyl (C=O) groups excluding carboxylic acids is 2.